The molecule has 0 bridgehead atoms. The van der Waals surface area contributed by atoms with Crippen LogP contribution in [0.3, 0.4) is 0 Å². The topological polar surface area (TPSA) is 57.8 Å². The Morgan fingerprint density at radius 3 is 2.63 bits per heavy atom. The summed E-state index contributed by atoms with van der Waals surface area (Å²) in [4.78, 5) is 18.0. The van der Waals surface area contributed by atoms with Crippen LogP contribution < -0.4 is 10.9 Å². The summed E-state index contributed by atoms with van der Waals surface area (Å²) in [5.41, 5.74) is -0.149. The molecule has 0 aliphatic heterocycles. The van der Waals surface area contributed by atoms with Gasteiger partial charge in [0.2, 0.25) is 5.95 Å². The van der Waals surface area contributed by atoms with Crippen LogP contribution in [0.4, 0.5) is 14.7 Å². The van der Waals surface area contributed by atoms with E-state index < -0.39 is 11.6 Å². The maximum atomic E-state index is 13.5. The molecule has 0 atom stereocenters. The fraction of sp³-hybridized carbons (Fsp3) is 0.231. The molecule has 2 aromatic rings. The van der Waals surface area contributed by atoms with Gasteiger partial charge in [0.25, 0.3) is 5.56 Å². The standard InChI is InChI=1S/C13H13F2N3O/c1-2-16-13-17-8(7-12(19)18-13)6-9-10(14)4-3-5-11(9)15/h3-5,7H,2,6H2,1H3,(H2,16,17,18,19). The zero-order chi connectivity index (χ0) is 13.8. The van der Waals surface area contributed by atoms with Crippen LogP contribution in [0.1, 0.15) is 18.2 Å². The van der Waals surface area contributed by atoms with Crippen LogP contribution in [0.25, 0.3) is 0 Å². The molecule has 2 N–H and O–H groups in total. The molecule has 100 valence electrons. The van der Waals surface area contributed by atoms with Gasteiger partial charge in [0.05, 0.1) is 5.69 Å². The number of aromatic nitrogens is 2. The van der Waals surface area contributed by atoms with Crippen molar-refractivity contribution in [1.29, 1.82) is 0 Å². The minimum absolute atomic E-state index is 0.0686. The van der Waals surface area contributed by atoms with Gasteiger partial charge in [-0.05, 0) is 19.1 Å². The van der Waals surface area contributed by atoms with Crippen molar-refractivity contribution in [3.8, 4) is 0 Å². The summed E-state index contributed by atoms with van der Waals surface area (Å²) in [5, 5.41) is 2.85. The number of anilines is 1. The zero-order valence-electron chi connectivity index (χ0n) is 10.3. The first kappa shape index (κ1) is 13.2. The van der Waals surface area contributed by atoms with Gasteiger partial charge in [-0.1, -0.05) is 6.07 Å². The van der Waals surface area contributed by atoms with E-state index in [1.807, 2.05) is 6.92 Å². The van der Waals surface area contributed by atoms with Crippen molar-refractivity contribution in [2.24, 2.45) is 0 Å². The molecule has 0 unspecified atom stereocenters. The molecule has 0 aliphatic carbocycles. The van der Waals surface area contributed by atoms with Gasteiger partial charge in [0.15, 0.2) is 0 Å². The van der Waals surface area contributed by atoms with Gasteiger partial charge in [-0.2, -0.15) is 0 Å². The number of rotatable bonds is 4. The van der Waals surface area contributed by atoms with Gasteiger partial charge in [-0.3, -0.25) is 9.78 Å². The molecule has 1 aromatic carbocycles. The van der Waals surface area contributed by atoms with E-state index in [1.165, 1.54) is 24.3 Å². The van der Waals surface area contributed by atoms with Crippen LogP contribution in [-0.2, 0) is 6.42 Å². The number of aromatic amines is 1. The molecule has 6 heteroatoms. The molecular weight excluding hydrogens is 252 g/mol. The lowest BCUT2D eigenvalue weighted by atomic mass is 10.1. The lowest BCUT2D eigenvalue weighted by molar-refractivity contribution is 0.560. The first-order chi connectivity index (χ1) is 9.10. The lowest BCUT2D eigenvalue weighted by Crippen LogP contribution is -2.14. The largest absolute Gasteiger partial charge is 0.356 e. The van der Waals surface area contributed by atoms with Gasteiger partial charge in [-0.25, -0.2) is 13.8 Å². The van der Waals surface area contributed by atoms with E-state index in [9.17, 15) is 13.6 Å². The van der Waals surface area contributed by atoms with Gasteiger partial charge in [-0.15, -0.1) is 0 Å². The van der Waals surface area contributed by atoms with E-state index in [2.05, 4.69) is 15.3 Å². The predicted octanol–water partition coefficient (Wildman–Crippen LogP) is 2.07. The second-order valence-electron chi connectivity index (χ2n) is 3.99. The Kier molecular flexibility index (Phi) is 3.89. The second-order valence-corrected chi connectivity index (χ2v) is 3.99. The van der Waals surface area contributed by atoms with Crippen LogP contribution in [0.15, 0.2) is 29.1 Å². The molecule has 1 heterocycles. The zero-order valence-corrected chi connectivity index (χ0v) is 10.3. The smallest absolute Gasteiger partial charge is 0.252 e. The molecule has 0 amide bonds. The summed E-state index contributed by atoms with van der Waals surface area (Å²) < 4.78 is 27.0. The summed E-state index contributed by atoms with van der Waals surface area (Å²) in [6, 6.07) is 4.88. The molecular formula is C13H13F2N3O. The summed E-state index contributed by atoms with van der Waals surface area (Å²) in [6.07, 6.45) is -0.0686. The highest BCUT2D eigenvalue weighted by molar-refractivity contribution is 5.29. The Bertz CT molecular complexity index is 620. The maximum Gasteiger partial charge on any atom is 0.252 e. The van der Waals surface area contributed by atoms with Crippen LogP contribution in [0.5, 0.6) is 0 Å². The Balaban J connectivity index is 2.35. The average molecular weight is 265 g/mol. The Labute approximate surface area is 108 Å². The third-order valence-electron chi connectivity index (χ3n) is 2.56. The molecule has 0 aliphatic rings. The average Bonchev–Trinajstić information content (AvgIpc) is 2.34. The highest BCUT2D eigenvalue weighted by Gasteiger charge is 2.11. The summed E-state index contributed by atoms with van der Waals surface area (Å²) in [5.74, 6) is -0.999. The fourth-order valence-electron chi connectivity index (χ4n) is 1.73. The Hall–Kier alpha value is -2.24. The number of hydrogen-bond donors (Lipinski definition) is 2. The van der Waals surface area contributed by atoms with Crippen LogP contribution in [0.2, 0.25) is 0 Å². The first-order valence-corrected chi connectivity index (χ1v) is 5.87. The Morgan fingerprint density at radius 1 is 1.32 bits per heavy atom. The normalized spacial score (nSPS) is 10.5. The maximum absolute atomic E-state index is 13.5. The molecule has 0 radical (unpaired) electrons. The van der Waals surface area contributed by atoms with Crippen molar-refractivity contribution in [3.05, 3.63) is 57.5 Å². The van der Waals surface area contributed by atoms with Crippen molar-refractivity contribution >= 4 is 5.95 Å². The summed E-state index contributed by atoms with van der Waals surface area (Å²) in [7, 11) is 0. The number of H-pyrrole nitrogens is 1. The van der Waals surface area contributed by atoms with Crippen molar-refractivity contribution in [2.75, 3.05) is 11.9 Å². The fourth-order valence-corrected chi connectivity index (χ4v) is 1.73. The number of nitrogens with zero attached hydrogens (tertiary/aromatic N) is 1. The molecule has 0 fully saturated rings. The highest BCUT2D eigenvalue weighted by atomic mass is 19.1. The van der Waals surface area contributed by atoms with Gasteiger partial charge < -0.3 is 5.32 Å². The third kappa shape index (κ3) is 3.15. The lowest BCUT2D eigenvalue weighted by Gasteiger charge is -2.06. The summed E-state index contributed by atoms with van der Waals surface area (Å²) >= 11 is 0. The van der Waals surface area contributed by atoms with Crippen molar-refractivity contribution in [3.63, 3.8) is 0 Å². The van der Waals surface area contributed by atoms with E-state index in [0.717, 1.165) is 0 Å². The molecule has 0 saturated carbocycles. The van der Waals surface area contributed by atoms with E-state index in [1.54, 1.807) is 0 Å². The van der Waals surface area contributed by atoms with Crippen molar-refractivity contribution in [1.82, 2.24) is 9.97 Å². The first-order valence-electron chi connectivity index (χ1n) is 5.87. The van der Waals surface area contributed by atoms with Crippen LogP contribution >= 0.6 is 0 Å². The minimum Gasteiger partial charge on any atom is -0.356 e. The molecule has 0 saturated heterocycles. The second kappa shape index (κ2) is 5.60. The third-order valence-corrected chi connectivity index (χ3v) is 2.56. The number of benzene rings is 1. The van der Waals surface area contributed by atoms with Crippen LogP contribution in [-0.4, -0.2) is 16.5 Å². The SMILES string of the molecule is CCNc1nc(Cc2c(F)cccc2F)cc(=O)[nH]1. The Morgan fingerprint density at radius 2 is 2.00 bits per heavy atom. The molecule has 1 aromatic heterocycles. The molecule has 2 rings (SSSR count). The summed E-state index contributed by atoms with van der Waals surface area (Å²) in [6.45, 7) is 2.43. The van der Waals surface area contributed by atoms with Gasteiger partial charge in [0.1, 0.15) is 11.6 Å². The monoisotopic (exact) mass is 265 g/mol. The van der Waals surface area contributed by atoms with E-state index in [4.69, 9.17) is 0 Å². The van der Waals surface area contributed by atoms with Crippen LogP contribution in [0, 0.1) is 11.6 Å². The van der Waals surface area contributed by atoms with Gasteiger partial charge >= 0.3 is 0 Å². The van der Waals surface area contributed by atoms with Gasteiger partial charge in [0, 0.05) is 24.6 Å². The number of halogens is 2. The molecule has 19 heavy (non-hydrogen) atoms. The predicted molar refractivity (Wildman–Crippen MR) is 68.2 cm³/mol. The van der Waals surface area contributed by atoms with Crippen molar-refractivity contribution < 1.29 is 8.78 Å². The number of hydrogen-bond acceptors (Lipinski definition) is 3. The molecule has 4 nitrogen and oxygen atoms in total. The van der Waals surface area contributed by atoms with Crippen molar-refractivity contribution in [2.45, 2.75) is 13.3 Å². The minimum atomic E-state index is -0.646. The van der Waals surface area contributed by atoms with E-state index >= 15 is 0 Å². The number of nitrogens with one attached hydrogen (secondary N) is 2. The molecule has 0 spiro atoms. The van der Waals surface area contributed by atoms with E-state index in [0.29, 0.717) is 18.2 Å². The quantitative estimate of drug-likeness (QED) is 0.889. The highest BCUT2D eigenvalue weighted by Crippen LogP contribution is 2.15. The van der Waals surface area contributed by atoms with E-state index in [-0.39, 0.29) is 17.5 Å².